The van der Waals surface area contributed by atoms with Crippen molar-refractivity contribution in [3.05, 3.63) is 89.0 Å². The zero-order valence-corrected chi connectivity index (χ0v) is 21.1. The van der Waals surface area contributed by atoms with E-state index in [0.29, 0.717) is 12.0 Å². The van der Waals surface area contributed by atoms with Gasteiger partial charge >= 0.3 is 0 Å². The number of aromatic nitrogens is 2. The Morgan fingerprint density at radius 2 is 1.71 bits per heavy atom. The van der Waals surface area contributed by atoms with Gasteiger partial charge < -0.3 is 9.47 Å². The molecule has 1 aliphatic rings. The Hall–Kier alpha value is -3.43. The first-order valence-electron chi connectivity index (χ1n) is 12.4. The van der Waals surface area contributed by atoms with Gasteiger partial charge in [0.15, 0.2) is 0 Å². The highest BCUT2D eigenvalue weighted by Crippen LogP contribution is 2.26. The van der Waals surface area contributed by atoms with Gasteiger partial charge in [-0.1, -0.05) is 57.2 Å². The lowest BCUT2D eigenvalue weighted by atomic mass is 9.82. The normalized spacial score (nSPS) is 14.6. The van der Waals surface area contributed by atoms with E-state index in [0.717, 1.165) is 56.9 Å². The lowest BCUT2D eigenvalue weighted by Crippen LogP contribution is -2.48. The minimum atomic E-state index is 0.0812. The van der Waals surface area contributed by atoms with E-state index in [1.54, 1.807) is 0 Å². The third-order valence-electron chi connectivity index (χ3n) is 6.78. The Morgan fingerprint density at radius 3 is 2.40 bits per heavy atom. The smallest absolute Gasteiger partial charge is 0.222 e. The zero-order valence-electron chi connectivity index (χ0n) is 21.1. The van der Waals surface area contributed by atoms with E-state index in [-0.39, 0.29) is 11.3 Å². The first-order chi connectivity index (χ1) is 16.8. The van der Waals surface area contributed by atoms with Crippen molar-refractivity contribution in [3.8, 4) is 6.07 Å². The van der Waals surface area contributed by atoms with Crippen molar-refractivity contribution in [1.82, 2.24) is 19.4 Å². The molecule has 0 saturated carbocycles. The number of hydrogen-bond acceptors (Lipinski definition) is 4. The molecule has 1 aliphatic heterocycles. The van der Waals surface area contributed by atoms with E-state index >= 15 is 0 Å². The van der Waals surface area contributed by atoms with Crippen LogP contribution in [0.3, 0.4) is 0 Å². The van der Waals surface area contributed by atoms with Gasteiger partial charge in [0.05, 0.1) is 23.7 Å². The maximum Gasteiger partial charge on any atom is 0.222 e. The van der Waals surface area contributed by atoms with Crippen LogP contribution in [0.15, 0.2) is 61.1 Å². The van der Waals surface area contributed by atoms with Crippen LogP contribution in [0, 0.1) is 11.3 Å². The molecule has 0 spiro atoms. The fourth-order valence-electron chi connectivity index (χ4n) is 4.76. The molecule has 182 valence electrons. The molecule has 0 N–H and O–H groups in total. The number of benzene rings is 2. The molecule has 2 heterocycles. The number of amides is 1. The van der Waals surface area contributed by atoms with Crippen LogP contribution in [0.1, 0.15) is 55.1 Å². The molecule has 1 saturated heterocycles. The molecule has 1 fully saturated rings. The summed E-state index contributed by atoms with van der Waals surface area (Å²) in [4.78, 5) is 21.7. The van der Waals surface area contributed by atoms with Gasteiger partial charge in [-0.2, -0.15) is 5.26 Å². The van der Waals surface area contributed by atoms with E-state index in [2.05, 4.69) is 65.6 Å². The Bertz CT molecular complexity index is 1170. The number of rotatable bonds is 7. The van der Waals surface area contributed by atoms with E-state index in [4.69, 9.17) is 5.26 Å². The minimum absolute atomic E-state index is 0.0812. The molecule has 0 atom stereocenters. The molecule has 2 aromatic carbocycles. The summed E-state index contributed by atoms with van der Waals surface area (Å²) >= 11 is 0. The number of carbonyl (C=O) groups excluding carboxylic acids is 1. The summed E-state index contributed by atoms with van der Waals surface area (Å²) in [6, 6.07) is 18.3. The molecular formula is C29H35N5O. The van der Waals surface area contributed by atoms with Crippen LogP contribution in [-0.2, 0) is 29.7 Å². The molecule has 6 heteroatoms. The average Bonchev–Trinajstić information content (AvgIpc) is 3.29. The van der Waals surface area contributed by atoms with Crippen molar-refractivity contribution in [3.63, 3.8) is 0 Å². The maximum absolute atomic E-state index is 12.9. The molecule has 1 amide bonds. The molecule has 6 nitrogen and oxygen atoms in total. The van der Waals surface area contributed by atoms with E-state index in [9.17, 15) is 4.79 Å². The Morgan fingerprint density at radius 1 is 1.00 bits per heavy atom. The predicted octanol–water partition coefficient (Wildman–Crippen LogP) is 4.38. The van der Waals surface area contributed by atoms with Crippen molar-refractivity contribution < 1.29 is 4.79 Å². The summed E-state index contributed by atoms with van der Waals surface area (Å²) in [5.41, 5.74) is 5.67. The summed E-state index contributed by atoms with van der Waals surface area (Å²) in [5.74, 6) is 0.249. The van der Waals surface area contributed by atoms with Crippen LogP contribution in [-0.4, -0.2) is 51.4 Å². The van der Waals surface area contributed by atoms with Crippen LogP contribution < -0.4 is 0 Å². The van der Waals surface area contributed by atoms with Gasteiger partial charge in [0.2, 0.25) is 5.91 Å². The number of nitrogens with zero attached hydrogens (tertiary/aromatic N) is 5. The first-order valence-corrected chi connectivity index (χ1v) is 12.4. The van der Waals surface area contributed by atoms with Crippen LogP contribution in [0.2, 0.25) is 0 Å². The molecule has 0 radical (unpaired) electrons. The Labute approximate surface area is 208 Å². The van der Waals surface area contributed by atoms with Crippen molar-refractivity contribution >= 4 is 5.91 Å². The highest BCUT2D eigenvalue weighted by Gasteiger charge is 2.23. The van der Waals surface area contributed by atoms with E-state index in [1.165, 1.54) is 11.1 Å². The van der Waals surface area contributed by atoms with Crippen molar-refractivity contribution in [2.24, 2.45) is 0 Å². The first kappa shape index (κ1) is 24.7. The molecule has 0 unspecified atom stereocenters. The summed E-state index contributed by atoms with van der Waals surface area (Å²) in [7, 11) is 0. The second-order valence-electron chi connectivity index (χ2n) is 10.4. The van der Waals surface area contributed by atoms with Gasteiger partial charge in [-0.25, -0.2) is 4.98 Å². The van der Waals surface area contributed by atoms with E-state index < -0.39 is 0 Å². The second kappa shape index (κ2) is 10.9. The predicted molar refractivity (Wildman–Crippen MR) is 138 cm³/mol. The quantitative estimate of drug-likeness (QED) is 0.515. The SMILES string of the molecule is CC(C)(C)c1ccccc1CCC(=O)N1CCN(Cc2cncn2Cc2ccc(C#N)cc2)CC1. The lowest BCUT2D eigenvalue weighted by molar-refractivity contribution is -0.133. The number of carbonyl (C=O) groups is 1. The van der Waals surface area contributed by atoms with Gasteiger partial charge in [-0.15, -0.1) is 0 Å². The van der Waals surface area contributed by atoms with Crippen LogP contribution in [0.25, 0.3) is 0 Å². The van der Waals surface area contributed by atoms with Gasteiger partial charge in [0.25, 0.3) is 0 Å². The highest BCUT2D eigenvalue weighted by molar-refractivity contribution is 5.76. The molecule has 1 aromatic heterocycles. The second-order valence-corrected chi connectivity index (χ2v) is 10.4. The van der Waals surface area contributed by atoms with Gasteiger partial charge in [0, 0.05) is 51.9 Å². The number of piperazine rings is 1. The summed E-state index contributed by atoms with van der Waals surface area (Å²) in [6.45, 7) is 11.5. The Balaban J connectivity index is 1.27. The summed E-state index contributed by atoms with van der Waals surface area (Å²) in [6.07, 6.45) is 5.14. The lowest BCUT2D eigenvalue weighted by Gasteiger charge is -2.35. The third kappa shape index (κ3) is 6.37. The molecular weight excluding hydrogens is 434 g/mol. The van der Waals surface area contributed by atoms with E-state index in [1.807, 2.05) is 41.7 Å². The van der Waals surface area contributed by atoms with Crippen LogP contribution >= 0.6 is 0 Å². The monoisotopic (exact) mass is 469 g/mol. The molecule has 0 bridgehead atoms. The van der Waals surface area contributed by atoms with Crippen LogP contribution in [0.4, 0.5) is 0 Å². The van der Waals surface area contributed by atoms with Crippen molar-refractivity contribution in [2.75, 3.05) is 26.2 Å². The standard InChI is InChI=1S/C29H35N5O/c1-29(2,3)27-7-5-4-6-25(27)12-13-28(35)33-16-14-32(15-17-33)21-26-19-31-22-34(26)20-24-10-8-23(18-30)9-11-24/h4-11,19,22H,12-17,20-21H2,1-3H3. The van der Waals surface area contributed by atoms with Gasteiger partial charge in [0.1, 0.15) is 0 Å². The van der Waals surface area contributed by atoms with Crippen molar-refractivity contribution in [1.29, 1.82) is 5.26 Å². The fraction of sp³-hybridized carbons (Fsp3) is 0.414. The maximum atomic E-state index is 12.9. The molecule has 3 aromatic rings. The molecule has 35 heavy (non-hydrogen) atoms. The fourth-order valence-corrected chi connectivity index (χ4v) is 4.76. The zero-order chi connectivity index (χ0) is 24.8. The van der Waals surface area contributed by atoms with Crippen LogP contribution in [0.5, 0.6) is 0 Å². The topological polar surface area (TPSA) is 65.2 Å². The largest absolute Gasteiger partial charge is 0.340 e. The minimum Gasteiger partial charge on any atom is -0.340 e. The number of nitriles is 1. The number of imidazole rings is 1. The molecule has 4 rings (SSSR count). The summed E-state index contributed by atoms with van der Waals surface area (Å²) < 4.78 is 2.16. The van der Waals surface area contributed by atoms with Gasteiger partial charge in [-0.05, 0) is 40.7 Å². The average molecular weight is 470 g/mol. The third-order valence-corrected chi connectivity index (χ3v) is 6.78. The highest BCUT2D eigenvalue weighted by atomic mass is 16.2. The number of aryl methyl sites for hydroxylation is 1. The summed E-state index contributed by atoms with van der Waals surface area (Å²) in [5, 5.41) is 8.99. The van der Waals surface area contributed by atoms with Crippen molar-refractivity contribution in [2.45, 2.75) is 52.1 Å². The Kier molecular flexibility index (Phi) is 7.67. The number of hydrogen-bond donors (Lipinski definition) is 0. The molecule has 0 aliphatic carbocycles. The van der Waals surface area contributed by atoms with Gasteiger partial charge in [-0.3, -0.25) is 9.69 Å².